The van der Waals surface area contributed by atoms with Gasteiger partial charge in [-0.1, -0.05) is 0 Å². The molecule has 0 saturated heterocycles. The number of anilines is 1. The zero-order chi connectivity index (χ0) is 20.0. The number of benzene rings is 1. The van der Waals surface area contributed by atoms with Crippen LogP contribution in [0.5, 0.6) is 11.5 Å². The largest absolute Gasteiger partial charge is 0.490 e. The predicted octanol–water partition coefficient (Wildman–Crippen LogP) is 0.927. The van der Waals surface area contributed by atoms with E-state index < -0.39 is 17.8 Å². The van der Waals surface area contributed by atoms with Gasteiger partial charge in [0, 0.05) is 18.2 Å². The third-order valence-corrected chi connectivity index (χ3v) is 3.69. The number of methoxy groups -OCH3 is 1. The molecule has 1 aliphatic rings. The van der Waals surface area contributed by atoms with E-state index in [0.29, 0.717) is 24.7 Å². The molecule has 146 valence electrons. The first-order valence-electron chi connectivity index (χ1n) is 8.44. The van der Waals surface area contributed by atoms with Crippen molar-refractivity contribution in [3.63, 3.8) is 0 Å². The Kier molecular flexibility index (Phi) is 6.78. The molecule has 0 aliphatic carbocycles. The first kappa shape index (κ1) is 20.2. The fourth-order valence-electron chi connectivity index (χ4n) is 2.53. The highest BCUT2D eigenvalue weighted by Crippen LogP contribution is 2.35. The number of hydrogen-bond acceptors (Lipinski definition) is 8. The fraction of sp³-hybridized carbons (Fsp3) is 0.389. The van der Waals surface area contributed by atoms with E-state index in [9.17, 15) is 14.4 Å². The van der Waals surface area contributed by atoms with Crippen LogP contribution in [0.4, 0.5) is 5.69 Å². The molecule has 1 aromatic carbocycles. The number of carbonyl (C=O) groups is 3. The van der Waals surface area contributed by atoms with E-state index in [2.05, 4.69) is 5.32 Å². The second-order valence-electron chi connectivity index (χ2n) is 5.40. The quantitative estimate of drug-likeness (QED) is 0.482. The molecule has 0 bridgehead atoms. The summed E-state index contributed by atoms with van der Waals surface area (Å²) in [6, 6.07) is 2.96. The summed E-state index contributed by atoms with van der Waals surface area (Å²) in [4.78, 5) is 37.3. The van der Waals surface area contributed by atoms with Crippen LogP contribution in [0.1, 0.15) is 24.2 Å². The highest BCUT2D eigenvalue weighted by molar-refractivity contribution is 6.17. The van der Waals surface area contributed by atoms with Crippen molar-refractivity contribution in [1.82, 2.24) is 4.90 Å². The molecular weight excluding hydrogens is 356 g/mol. The molecule has 2 rings (SSSR count). The van der Waals surface area contributed by atoms with Crippen molar-refractivity contribution in [2.24, 2.45) is 0 Å². The molecule has 1 aromatic rings. The van der Waals surface area contributed by atoms with E-state index in [1.54, 1.807) is 13.8 Å². The zero-order valence-electron chi connectivity index (χ0n) is 15.4. The minimum Gasteiger partial charge on any atom is -0.490 e. The summed E-state index contributed by atoms with van der Waals surface area (Å²) in [6.07, 6.45) is 1.11. The van der Waals surface area contributed by atoms with Crippen LogP contribution in [-0.4, -0.2) is 61.3 Å². The molecule has 0 unspecified atom stereocenters. The second-order valence-corrected chi connectivity index (χ2v) is 5.40. The summed E-state index contributed by atoms with van der Waals surface area (Å²) >= 11 is 0. The molecular formula is C18H22N2O7. The smallest absolute Gasteiger partial charge is 0.340 e. The molecule has 2 N–H and O–H groups in total. The van der Waals surface area contributed by atoms with Crippen molar-refractivity contribution in [3.05, 3.63) is 29.5 Å². The number of β-amino-alcohol motifs (C(OH)–C–C–N with tert-alkyl or cyclic N) is 1. The fourth-order valence-corrected chi connectivity index (χ4v) is 2.53. The summed E-state index contributed by atoms with van der Waals surface area (Å²) < 4.78 is 15.8. The highest BCUT2D eigenvalue weighted by Gasteiger charge is 2.31. The topological polar surface area (TPSA) is 114 Å². The number of ether oxygens (including phenoxy) is 3. The first-order chi connectivity index (χ1) is 13.0. The van der Waals surface area contributed by atoms with Gasteiger partial charge in [0.2, 0.25) is 0 Å². The van der Waals surface area contributed by atoms with Gasteiger partial charge < -0.3 is 24.6 Å². The lowest BCUT2D eigenvalue weighted by molar-refractivity contribution is -0.137. The van der Waals surface area contributed by atoms with Gasteiger partial charge in [-0.2, -0.15) is 0 Å². The van der Waals surface area contributed by atoms with Crippen LogP contribution in [0, 0.1) is 0 Å². The van der Waals surface area contributed by atoms with E-state index in [1.165, 1.54) is 19.2 Å². The third-order valence-electron chi connectivity index (χ3n) is 3.69. The van der Waals surface area contributed by atoms with E-state index in [0.717, 1.165) is 11.0 Å². The van der Waals surface area contributed by atoms with Crippen LogP contribution in [0.2, 0.25) is 0 Å². The monoisotopic (exact) mass is 378 g/mol. The molecule has 0 spiro atoms. The molecule has 2 amide bonds. The van der Waals surface area contributed by atoms with Gasteiger partial charge in [0.15, 0.2) is 11.5 Å². The van der Waals surface area contributed by atoms with Crippen molar-refractivity contribution >= 4 is 23.5 Å². The van der Waals surface area contributed by atoms with Crippen molar-refractivity contribution in [2.45, 2.75) is 13.8 Å². The lowest BCUT2D eigenvalue weighted by Crippen LogP contribution is -2.34. The number of aliphatic hydroxyl groups is 1. The van der Waals surface area contributed by atoms with E-state index >= 15 is 0 Å². The van der Waals surface area contributed by atoms with Gasteiger partial charge in [-0.15, -0.1) is 0 Å². The molecule has 0 atom stereocenters. The Labute approximate surface area is 156 Å². The lowest BCUT2D eigenvalue weighted by atomic mass is 10.1. The highest BCUT2D eigenvalue weighted by atomic mass is 16.5. The number of aliphatic hydroxyl groups excluding tert-OH is 1. The molecule has 0 fully saturated rings. The molecule has 0 saturated carbocycles. The molecule has 27 heavy (non-hydrogen) atoms. The zero-order valence-corrected chi connectivity index (χ0v) is 15.4. The van der Waals surface area contributed by atoms with Crippen LogP contribution in [0.3, 0.4) is 0 Å². The summed E-state index contributed by atoms with van der Waals surface area (Å²) in [7, 11) is 1.23. The van der Waals surface area contributed by atoms with Crippen molar-refractivity contribution in [3.8, 4) is 11.5 Å². The van der Waals surface area contributed by atoms with Gasteiger partial charge in [-0.25, -0.2) is 4.79 Å². The summed E-state index contributed by atoms with van der Waals surface area (Å²) in [6.45, 7) is 3.86. The first-order valence-corrected chi connectivity index (χ1v) is 8.44. The van der Waals surface area contributed by atoms with Crippen LogP contribution in [0.15, 0.2) is 23.9 Å². The summed E-state index contributed by atoms with van der Waals surface area (Å²) in [5.41, 5.74) is 0.323. The van der Waals surface area contributed by atoms with E-state index in [-0.39, 0.29) is 30.1 Å². The van der Waals surface area contributed by atoms with E-state index in [4.69, 9.17) is 19.3 Å². The summed E-state index contributed by atoms with van der Waals surface area (Å²) in [5, 5.41) is 11.8. The number of hydrogen-bond donors (Lipinski definition) is 2. The Balaban J connectivity index is 2.43. The van der Waals surface area contributed by atoms with Crippen molar-refractivity contribution < 1.29 is 33.7 Å². The Morgan fingerprint density at radius 3 is 2.33 bits per heavy atom. The minimum atomic E-state index is -0.647. The standard InChI is InChI=1S/C18H22N2O7/c1-4-26-14-8-11(18(24)25-3)12(9-15(14)27-5-2)19-13-10-16(22)20(6-7-21)17(13)23/h8-10,19,21H,4-7H2,1-3H3. The Morgan fingerprint density at radius 2 is 1.78 bits per heavy atom. The maximum atomic E-state index is 12.3. The number of esters is 1. The maximum absolute atomic E-state index is 12.3. The third kappa shape index (κ3) is 4.37. The number of amides is 2. The molecule has 1 aliphatic heterocycles. The number of nitrogens with one attached hydrogen (secondary N) is 1. The molecule has 9 heteroatoms. The maximum Gasteiger partial charge on any atom is 0.340 e. The molecule has 0 radical (unpaired) electrons. The van der Waals surface area contributed by atoms with Crippen molar-refractivity contribution in [2.75, 3.05) is 38.8 Å². The van der Waals surface area contributed by atoms with Gasteiger partial charge in [-0.05, 0) is 13.8 Å². The SMILES string of the molecule is CCOc1cc(NC2=CC(=O)N(CCO)C2=O)c(C(=O)OC)cc1OCC. The second kappa shape index (κ2) is 9.04. The minimum absolute atomic E-state index is 0.0230. The van der Waals surface area contributed by atoms with Gasteiger partial charge >= 0.3 is 5.97 Å². The molecule has 9 nitrogen and oxygen atoms in total. The Morgan fingerprint density at radius 1 is 1.15 bits per heavy atom. The van der Waals surface area contributed by atoms with Crippen LogP contribution >= 0.6 is 0 Å². The normalized spacial score (nSPS) is 13.5. The average molecular weight is 378 g/mol. The Bertz CT molecular complexity index is 773. The molecule has 1 heterocycles. The van der Waals surface area contributed by atoms with Gasteiger partial charge in [0.25, 0.3) is 11.8 Å². The van der Waals surface area contributed by atoms with Gasteiger partial charge in [0.1, 0.15) is 5.70 Å². The number of rotatable bonds is 9. The average Bonchev–Trinajstić information content (AvgIpc) is 2.91. The Hall–Kier alpha value is -3.07. The number of nitrogens with zero attached hydrogens (tertiary/aromatic N) is 1. The van der Waals surface area contributed by atoms with Gasteiger partial charge in [-0.3, -0.25) is 14.5 Å². The van der Waals surface area contributed by atoms with E-state index in [1.807, 2.05) is 0 Å². The van der Waals surface area contributed by atoms with Crippen LogP contribution in [-0.2, 0) is 14.3 Å². The van der Waals surface area contributed by atoms with Gasteiger partial charge in [0.05, 0.1) is 44.7 Å². The van der Waals surface area contributed by atoms with Crippen LogP contribution in [0.25, 0.3) is 0 Å². The van der Waals surface area contributed by atoms with Crippen molar-refractivity contribution in [1.29, 1.82) is 0 Å². The van der Waals surface area contributed by atoms with Crippen LogP contribution < -0.4 is 14.8 Å². The summed E-state index contributed by atoms with van der Waals surface area (Å²) in [5.74, 6) is -1.07. The lowest BCUT2D eigenvalue weighted by Gasteiger charge is -2.17. The molecule has 0 aromatic heterocycles. The predicted molar refractivity (Wildman–Crippen MR) is 95.6 cm³/mol. The number of imide groups is 1. The number of carbonyl (C=O) groups excluding carboxylic acids is 3.